The second kappa shape index (κ2) is 8.60. The van der Waals surface area contributed by atoms with E-state index in [1.807, 2.05) is 18.7 Å². The molecule has 2 heterocycles. The van der Waals surface area contributed by atoms with E-state index in [0.29, 0.717) is 31.3 Å². The van der Waals surface area contributed by atoms with Crippen molar-refractivity contribution in [2.24, 2.45) is 5.92 Å². The van der Waals surface area contributed by atoms with Gasteiger partial charge in [0.05, 0.1) is 19.3 Å². The monoisotopic (exact) mass is 435 g/mol. The number of rotatable bonds is 7. The largest absolute Gasteiger partial charge is 0.493 e. The lowest BCUT2D eigenvalue weighted by Crippen LogP contribution is -2.46. The average Bonchev–Trinajstić information content (AvgIpc) is 2.72. The molecular weight excluding hydrogens is 411 g/mol. The van der Waals surface area contributed by atoms with Crippen LogP contribution in [0.5, 0.6) is 5.75 Å². The average molecular weight is 435 g/mol. The minimum atomic E-state index is -1.50. The van der Waals surface area contributed by atoms with Crippen molar-refractivity contribution in [2.45, 2.75) is 32.7 Å². The molecular formula is C21H24F3N5O2. The van der Waals surface area contributed by atoms with Gasteiger partial charge in [0, 0.05) is 31.3 Å². The number of hydrogen-bond donors (Lipinski definition) is 1. The van der Waals surface area contributed by atoms with Crippen LogP contribution in [0.15, 0.2) is 18.3 Å². The molecule has 1 aromatic carbocycles. The fourth-order valence-electron chi connectivity index (χ4n) is 3.93. The predicted octanol–water partition coefficient (Wildman–Crippen LogP) is 3.36. The number of halogens is 3. The summed E-state index contributed by atoms with van der Waals surface area (Å²) in [5, 5.41) is 3.29. The molecule has 1 aliphatic carbocycles. The molecule has 1 N–H and O–H groups in total. The van der Waals surface area contributed by atoms with E-state index >= 15 is 0 Å². The van der Waals surface area contributed by atoms with Crippen LogP contribution in [0, 0.1) is 23.4 Å². The number of nitrogens with zero attached hydrogens (tertiary/aromatic N) is 4. The number of carbonyl (C=O) groups excluding carboxylic acids is 1. The SMILES string of the molecule is CCN1CC(=O)N(CC)c2cnc(NC3CC(COc4cc(F)c(F)c(F)c4)C3)nc21. The van der Waals surface area contributed by atoms with E-state index in [0.717, 1.165) is 30.8 Å². The van der Waals surface area contributed by atoms with Gasteiger partial charge < -0.3 is 19.9 Å². The zero-order valence-corrected chi connectivity index (χ0v) is 17.4. The van der Waals surface area contributed by atoms with Gasteiger partial charge in [0.1, 0.15) is 11.4 Å². The van der Waals surface area contributed by atoms with Crippen LogP contribution in [0.4, 0.5) is 30.6 Å². The van der Waals surface area contributed by atoms with Crippen LogP contribution < -0.4 is 19.9 Å². The Bertz CT molecular complexity index is 960. The fourth-order valence-corrected chi connectivity index (χ4v) is 3.93. The van der Waals surface area contributed by atoms with Crippen molar-refractivity contribution < 1.29 is 22.7 Å². The zero-order chi connectivity index (χ0) is 22.1. The van der Waals surface area contributed by atoms with Gasteiger partial charge in [-0.05, 0) is 32.6 Å². The lowest BCUT2D eigenvalue weighted by Gasteiger charge is -2.37. The maximum Gasteiger partial charge on any atom is 0.246 e. The molecule has 1 fully saturated rings. The molecule has 10 heteroatoms. The van der Waals surface area contributed by atoms with Gasteiger partial charge in [-0.2, -0.15) is 4.98 Å². The molecule has 1 aliphatic heterocycles. The van der Waals surface area contributed by atoms with Crippen molar-refractivity contribution in [2.75, 3.05) is 41.4 Å². The minimum Gasteiger partial charge on any atom is -0.493 e. The van der Waals surface area contributed by atoms with Crippen molar-refractivity contribution in [3.8, 4) is 5.75 Å². The van der Waals surface area contributed by atoms with Crippen molar-refractivity contribution in [3.05, 3.63) is 35.8 Å². The summed E-state index contributed by atoms with van der Waals surface area (Å²) in [6.07, 6.45) is 3.23. The van der Waals surface area contributed by atoms with Crippen LogP contribution >= 0.6 is 0 Å². The van der Waals surface area contributed by atoms with Gasteiger partial charge in [0.25, 0.3) is 0 Å². The topological polar surface area (TPSA) is 70.6 Å². The molecule has 7 nitrogen and oxygen atoms in total. The Morgan fingerprint density at radius 1 is 1.16 bits per heavy atom. The van der Waals surface area contributed by atoms with E-state index in [-0.39, 0.29) is 30.2 Å². The number of fused-ring (bicyclic) bond motifs is 1. The quantitative estimate of drug-likeness (QED) is 0.673. The Morgan fingerprint density at radius 2 is 1.87 bits per heavy atom. The molecule has 1 saturated carbocycles. The summed E-state index contributed by atoms with van der Waals surface area (Å²) in [5.74, 6) is -2.60. The first-order valence-corrected chi connectivity index (χ1v) is 10.4. The van der Waals surface area contributed by atoms with Crippen LogP contribution in [-0.4, -0.2) is 48.2 Å². The van der Waals surface area contributed by atoms with Gasteiger partial charge in [-0.25, -0.2) is 18.2 Å². The normalized spacial score (nSPS) is 20.4. The highest BCUT2D eigenvalue weighted by atomic mass is 19.2. The summed E-state index contributed by atoms with van der Waals surface area (Å²) in [5.41, 5.74) is 0.713. The standard InChI is InChI=1S/C21H24F3N5O2/c1-3-28-10-18(30)29(4-2)17-9-25-21(27-20(17)28)26-13-5-12(6-13)11-31-14-7-15(22)19(24)16(23)8-14/h7-9,12-13H,3-6,10-11H2,1-2H3,(H,25,26,27). The third-order valence-corrected chi connectivity index (χ3v) is 5.68. The van der Waals surface area contributed by atoms with E-state index in [4.69, 9.17) is 4.74 Å². The summed E-state index contributed by atoms with van der Waals surface area (Å²) in [6.45, 7) is 5.70. The number of aromatic nitrogens is 2. The number of anilines is 3. The first-order valence-electron chi connectivity index (χ1n) is 10.4. The van der Waals surface area contributed by atoms with Gasteiger partial charge in [-0.3, -0.25) is 4.79 Å². The van der Waals surface area contributed by atoms with Crippen LogP contribution in [0.2, 0.25) is 0 Å². The number of nitrogens with one attached hydrogen (secondary N) is 1. The molecule has 4 rings (SSSR count). The first-order chi connectivity index (χ1) is 14.9. The van der Waals surface area contributed by atoms with Crippen molar-refractivity contribution in [3.63, 3.8) is 0 Å². The maximum atomic E-state index is 13.3. The molecule has 1 aromatic heterocycles. The van der Waals surface area contributed by atoms with Crippen LogP contribution in [0.1, 0.15) is 26.7 Å². The Balaban J connectivity index is 1.33. The molecule has 0 unspecified atom stereocenters. The number of likely N-dealkylation sites (N-methyl/N-ethyl adjacent to an activating group) is 2. The molecule has 0 bridgehead atoms. The second-order valence-electron chi connectivity index (χ2n) is 7.75. The van der Waals surface area contributed by atoms with E-state index in [9.17, 15) is 18.0 Å². The molecule has 0 saturated heterocycles. The molecule has 31 heavy (non-hydrogen) atoms. The van der Waals surface area contributed by atoms with Crippen LogP contribution in [0.25, 0.3) is 0 Å². The maximum absolute atomic E-state index is 13.3. The first kappa shape index (κ1) is 21.2. The highest BCUT2D eigenvalue weighted by Gasteiger charge is 2.32. The Kier molecular flexibility index (Phi) is 5.88. The fraction of sp³-hybridized carbons (Fsp3) is 0.476. The van der Waals surface area contributed by atoms with Gasteiger partial charge in [-0.1, -0.05) is 0 Å². The van der Waals surface area contributed by atoms with E-state index < -0.39 is 17.5 Å². The summed E-state index contributed by atoms with van der Waals surface area (Å²) in [7, 11) is 0. The molecule has 0 spiro atoms. The number of amides is 1. The van der Waals surface area contributed by atoms with Crippen LogP contribution in [0.3, 0.4) is 0 Å². The van der Waals surface area contributed by atoms with Crippen molar-refractivity contribution >= 4 is 23.4 Å². The number of carbonyl (C=O) groups is 1. The predicted molar refractivity (Wildman–Crippen MR) is 110 cm³/mol. The molecule has 0 radical (unpaired) electrons. The number of hydrogen-bond acceptors (Lipinski definition) is 6. The van der Waals surface area contributed by atoms with E-state index in [2.05, 4.69) is 15.3 Å². The highest BCUT2D eigenvalue weighted by Crippen LogP contribution is 2.34. The Morgan fingerprint density at radius 3 is 2.52 bits per heavy atom. The molecule has 166 valence electrons. The summed E-state index contributed by atoms with van der Waals surface area (Å²) >= 11 is 0. The Labute approximate surface area is 178 Å². The summed E-state index contributed by atoms with van der Waals surface area (Å²) < 4.78 is 44.9. The van der Waals surface area contributed by atoms with E-state index in [1.165, 1.54) is 0 Å². The van der Waals surface area contributed by atoms with Crippen LogP contribution in [-0.2, 0) is 4.79 Å². The number of ether oxygens (including phenoxy) is 1. The highest BCUT2D eigenvalue weighted by molar-refractivity contribution is 6.02. The smallest absolute Gasteiger partial charge is 0.246 e. The zero-order valence-electron chi connectivity index (χ0n) is 17.4. The molecule has 2 aromatic rings. The molecule has 1 amide bonds. The van der Waals surface area contributed by atoms with Crippen molar-refractivity contribution in [1.82, 2.24) is 9.97 Å². The summed E-state index contributed by atoms with van der Waals surface area (Å²) in [4.78, 5) is 24.9. The summed E-state index contributed by atoms with van der Waals surface area (Å²) in [6, 6.07) is 1.84. The molecule has 2 aliphatic rings. The van der Waals surface area contributed by atoms with E-state index in [1.54, 1.807) is 11.1 Å². The second-order valence-corrected chi connectivity index (χ2v) is 7.75. The van der Waals surface area contributed by atoms with Crippen molar-refractivity contribution in [1.29, 1.82) is 0 Å². The lowest BCUT2D eigenvalue weighted by atomic mass is 9.81. The third kappa shape index (κ3) is 4.24. The minimum absolute atomic E-state index is 0.0273. The lowest BCUT2D eigenvalue weighted by molar-refractivity contribution is -0.117. The van der Waals surface area contributed by atoms with Gasteiger partial charge in [0.15, 0.2) is 23.3 Å². The van der Waals surface area contributed by atoms with Gasteiger partial charge in [-0.15, -0.1) is 0 Å². The Hall–Kier alpha value is -3.04. The number of benzene rings is 1. The van der Waals surface area contributed by atoms with Gasteiger partial charge in [0.2, 0.25) is 11.9 Å². The third-order valence-electron chi connectivity index (χ3n) is 5.68. The molecule has 0 atom stereocenters. The van der Waals surface area contributed by atoms with Gasteiger partial charge >= 0.3 is 0 Å².